The van der Waals surface area contributed by atoms with Crippen molar-refractivity contribution in [1.82, 2.24) is 0 Å². The quantitative estimate of drug-likeness (QED) is 0.557. The summed E-state index contributed by atoms with van der Waals surface area (Å²) in [7, 11) is 0. The molecular weight excluding hydrogens is 384 g/mol. The molecule has 2 N–H and O–H groups in total. The van der Waals surface area contributed by atoms with E-state index in [1.165, 1.54) is 37.3 Å². The highest BCUT2D eigenvalue weighted by Crippen LogP contribution is 2.26. The van der Waals surface area contributed by atoms with Crippen molar-refractivity contribution in [2.24, 2.45) is 0 Å². The number of rotatable bonds is 9. The van der Waals surface area contributed by atoms with Gasteiger partial charge in [-0.25, -0.2) is 0 Å². The fourth-order valence-electron chi connectivity index (χ4n) is 4.57. The van der Waals surface area contributed by atoms with Gasteiger partial charge in [0.2, 0.25) is 0 Å². The number of nitrogens with one attached hydrogen (secondary N) is 2. The van der Waals surface area contributed by atoms with Gasteiger partial charge < -0.3 is 19.3 Å². The van der Waals surface area contributed by atoms with Gasteiger partial charge in [-0.2, -0.15) is 0 Å². The van der Waals surface area contributed by atoms with Gasteiger partial charge in [-0.3, -0.25) is 0 Å². The Labute approximate surface area is 186 Å². The number of piperazine rings is 1. The van der Waals surface area contributed by atoms with E-state index in [1.807, 2.05) is 31.2 Å². The second kappa shape index (κ2) is 11.0. The fourth-order valence-corrected chi connectivity index (χ4v) is 4.57. The molecule has 31 heavy (non-hydrogen) atoms. The molecule has 0 aliphatic carbocycles. The van der Waals surface area contributed by atoms with Crippen LogP contribution in [0.4, 0.5) is 0 Å². The van der Waals surface area contributed by atoms with Crippen LogP contribution < -0.4 is 19.3 Å². The molecule has 0 atom stereocenters. The van der Waals surface area contributed by atoms with E-state index >= 15 is 0 Å². The number of para-hydroxylation sites is 2. The second-order valence-corrected chi connectivity index (χ2v) is 8.14. The predicted molar refractivity (Wildman–Crippen MR) is 124 cm³/mol. The maximum absolute atomic E-state index is 6.05. The molecule has 0 aromatic heterocycles. The number of benzene rings is 3. The minimum Gasteiger partial charge on any atom is -0.490 e. The van der Waals surface area contributed by atoms with E-state index < -0.39 is 0 Å². The van der Waals surface area contributed by atoms with Crippen molar-refractivity contribution < 1.29 is 19.3 Å². The summed E-state index contributed by atoms with van der Waals surface area (Å²) in [6.07, 6.45) is 0. The summed E-state index contributed by atoms with van der Waals surface area (Å²) in [6, 6.07) is 30.3. The zero-order valence-electron chi connectivity index (χ0n) is 18.4. The third kappa shape index (κ3) is 5.66. The summed E-state index contributed by atoms with van der Waals surface area (Å²) in [6.45, 7) is 9.06. The lowest BCUT2D eigenvalue weighted by Gasteiger charge is -2.35. The molecule has 0 amide bonds. The third-order valence-electron chi connectivity index (χ3n) is 6.14. The van der Waals surface area contributed by atoms with Crippen LogP contribution in [0.5, 0.6) is 11.5 Å². The van der Waals surface area contributed by atoms with Gasteiger partial charge in [-0.1, -0.05) is 72.8 Å². The minimum atomic E-state index is 0.401. The number of hydrogen-bond donors (Lipinski definition) is 2. The summed E-state index contributed by atoms with van der Waals surface area (Å²) < 4.78 is 11.7. The Balaban J connectivity index is 1.33. The van der Waals surface area contributed by atoms with Crippen LogP contribution in [-0.2, 0) is 0 Å². The molecule has 1 aliphatic heterocycles. The highest BCUT2D eigenvalue weighted by atomic mass is 16.5. The van der Waals surface area contributed by atoms with Gasteiger partial charge >= 0.3 is 0 Å². The molecular formula is C27H34N2O2+2. The van der Waals surface area contributed by atoms with Crippen LogP contribution in [0.25, 0.3) is 0 Å². The van der Waals surface area contributed by atoms with Crippen molar-refractivity contribution in [3.05, 3.63) is 96.1 Å². The Morgan fingerprint density at radius 1 is 0.677 bits per heavy atom. The number of ether oxygens (including phenoxy) is 2. The summed E-state index contributed by atoms with van der Waals surface area (Å²) in [4.78, 5) is 3.28. The first kappa shape index (κ1) is 21.4. The lowest BCUT2D eigenvalue weighted by atomic mass is 9.96. The van der Waals surface area contributed by atoms with Crippen LogP contribution in [0.2, 0.25) is 0 Å². The van der Waals surface area contributed by atoms with Crippen molar-refractivity contribution in [3.63, 3.8) is 0 Å². The molecule has 0 spiro atoms. The molecule has 0 unspecified atom stereocenters. The molecule has 3 aromatic rings. The van der Waals surface area contributed by atoms with E-state index in [4.69, 9.17) is 9.47 Å². The first-order chi connectivity index (χ1) is 15.3. The molecule has 4 nitrogen and oxygen atoms in total. The molecule has 1 saturated heterocycles. The van der Waals surface area contributed by atoms with Crippen molar-refractivity contribution in [3.8, 4) is 11.5 Å². The summed E-state index contributed by atoms with van der Waals surface area (Å²) in [5, 5.41) is 0. The highest BCUT2D eigenvalue weighted by Gasteiger charge is 2.31. The Bertz CT molecular complexity index is 869. The van der Waals surface area contributed by atoms with Gasteiger partial charge in [0.1, 0.15) is 45.4 Å². The van der Waals surface area contributed by atoms with E-state index in [9.17, 15) is 0 Å². The largest absolute Gasteiger partial charge is 0.490 e. The molecule has 1 aliphatic rings. The monoisotopic (exact) mass is 418 g/mol. The molecule has 0 saturated carbocycles. The van der Waals surface area contributed by atoms with Crippen molar-refractivity contribution in [2.75, 3.05) is 45.9 Å². The van der Waals surface area contributed by atoms with E-state index in [0.717, 1.165) is 24.7 Å². The minimum absolute atomic E-state index is 0.401. The molecule has 4 heteroatoms. The first-order valence-corrected chi connectivity index (χ1v) is 11.5. The van der Waals surface area contributed by atoms with Crippen LogP contribution in [0, 0.1) is 0 Å². The standard InChI is InChI=1S/C27H32N2O2/c1-2-30-25-15-9-10-16-26(25)31-22-21-28-17-19-29(20-18-28)27(23-11-5-3-6-12-23)24-13-7-4-8-14-24/h3-16,27H,2,17-22H2,1H3/p+2. The van der Waals surface area contributed by atoms with Crippen molar-refractivity contribution in [1.29, 1.82) is 0 Å². The normalized spacial score (nSPS) is 18.6. The Hall–Kier alpha value is -2.82. The lowest BCUT2D eigenvalue weighted by Crippen LogP contribution is -3.28. The third-order valence-corrected chi connectivity index (χ3v) is 6.14. The molecule has 1 fully saturated rings. The molecule has 0 radical (unpaired) electrons. The molecule has 162 valence electrons. The Kier molecular flexibility index (Phi) is 7.59. The van der Waals surface area contributed by atoms with Gasteiger partial charge in [-0.15, -0.1) is 0 Å². The topological polar surface area (TPSA) is 27.3 Å². The van der Waals surface area contributed by atoms with Gasteiger partial charge in [0.15, 0.2) is 11.5 Å². The number of quaternary nitrogens is 2. The van der Waals surface area contributed by atoms with Gasteiger partial charge in [0.05, 0.1) is 6.61 Å². The van der Waals surface area contributed by atoms with E-state index in [-0.39, 0.29) is 0 Å². The van der Waals surface area contributed by atoms with E-state index in [1.54, 1.807) is 9.80 Å². The van der Waals surface area contributed by atoms with Crippen LogP contribution in [0.3, 0.4) is 0 Å². The van der Waals surface area contributed by atoms with E-state index in [0.29, 0.717) is 12.6 Å². The summed E-state index contributed by atoms with van der Waals surface area (Å²) in [5.74, 6) is 1.68. The van der Waals surface area contributed by atoms with Crippen molar-refractivity contribution >= 4 is 0 Å². The van der Waals surface area contributed by atoms with Gasteiger partial charge in [0.25, 0.3) is 0 Å². The Morgan fingerprint density at radius 3 is 1.74 bits per heavy atom. The smallest absolute Gasteiger partial charge is 0.161 e. The van der Waals surface area contributed by atoms with Crippen LogP contribution in [0.1, 0.15) is 24.1 Å². The predicted octanol–water partition coefficient (Wildman–Crippen LogP) is 2.04. The van der Waals surface area contributed by atoms with Gasteiger partial charge in [0, 0.05) is 11.1 Å². The maximum atomic E-state index is 6.05. The summed E-state index contributed by atoms with van der Waals surface area (Å²) in [5.41, 5.74) is 2.81. The fraction of sp³-hybridized carbons (Fsp3) is 0.333. The average Bonchev–Trinajstić information content (AvgIpc) is 2.83. The Morgan fingerprint density at radius 2 is 1.19 bits per heavy atom. The second-order valence-electron chi connectivity index (χ2n) is 8.14. The van der Waals surface area contributed by atoms with Crippen LogP contribution in [0.15, 0.2) is 84.9 Å². The molecule has 4 rings (SSSR count). The average molecular weight is 419 g/mol. The van der Waals surface area contributed by atoms with Gasteiger partial charge in [-0.05, 0) is 19.1 Å². The molecule has 1 heterocycles. The summed E-state index contributed by atoms with van der Waals surface area (Å²) >= 11 is 0. The molecule has 3 aromatic carbocycles. The SMILES string of the molecule is CCOc1ccccc1OCC[NH+]1CC[NH+](C(c2ccccc2)c2ccccc2)CC1. The van der Waals surface area contributed by atoms with Crippen LogP contribution >= 0.6 is 0 Å². The first-order valence-electron chi connectivity index (χ1n) is 11.5. The number of hydrogen-bond acceptors (Lipinski definition) is 2. The molecule has 0 bridgehead atoms. The van der Waals surface area contributed by atoms with E-state index in [2.05, 4.69) is 60.7 Å². The lowest BCUT2D eigenvalue weighted by molar-refractivity contribution is -1.02. The zero-order valence-corrected chi connectivity index (χ0v) is 18.4. The van der Waals surface area contributed by atoms with Crippen LogP contribution in [-0.4, -0.2) is 45.9 Å². The van der Waals surface area contributed by atoms with Crippen molar-refractivity contribution in [2.45, 2.75) is 13.0 Å². The zero-order chi connectivity index (χ0) is 21.3. The maximum Gasteiger partial charge on any atom is 0.161 e. The highest BCUT2D eigenvalue weighted by molar-refractivity contribution is 5.39.